The van der Waals surface area contributed by atoms with Crippen LogP contribution in [0.5, 0.6) is 0 Å². The molecule has 8 nitrogen and oxygen atoms in total. The van der Waals surface area contributed by atoms with Gasteiger partial charge in [-0.2, -0.15) is 0 Å². The van der Waals surface area contributed by atoms with Gasteiger partial charge in [-0.1, -0.05) is 37.1 Å². The molecule has 4 rings (SSSR count). The van der Waals surface area contributed by atoms with Crippen LogP contribution in [0.25, 0.3) is 11.0 Å². The van der Waals surface area contributed by atoms with Gasteiger partial charge in [0, 0.05) is 37.2 Å². The zero-order valence-corrected chi connectivity index (χ0v) is 22.4. The second-order valence-electron chi connectivity index (χ2n) is 9.39. The van der Waals surface area contributed by atoms with Crippen LogP contribution in [0.1, 0.15) is 66.3 Å². The highest BCUT2D eigenvalue weighted by molar-refractivity contribution is 5.98. The molecule has 3 aromatic rings. The molecule has 9 heteroatoms. The standard InChI is InChI=1S/C28H35N5O3.ClH/c1-3-36-26(34)16-17-33(22-6-4-5-7-22)28(35)21-13-14-24-23(18-21)31-25(32(24)2)15-10-19-8-11-20(12-9-19)27(29)30;/h8-9,11-14,18,22H,3-7,10,15-17H2,1-2H3,(H3,29,30);1H. The van der Waals surface area contributed by atoms with E-state index < -0.39 is 0 Å². The number of hydrogen-bond donors (Lipinski definition) is 2. The highest BCUT2D eigenvalue weighted by atomic mass is 35.5. The number of carbonyl (C=O) groups excluding carboxylic acids is 2. The largest absolute Gasteiger partial charge is 0.466 e. The molecule has 1 aliphatic carbocycles. The number of hydrogen-bond acceptors (Lipinski definition) is 5. The zero-order chi connectivity index (χ0) is 25.7. The Morgan fingerprint density at radius 1 is 1.11 bits per heavy atom. The van der Waals surface area contributed by atoms with Gasteiger partial charge in [-0.3, -0.25) is 15.0 Å². The SMILES string of the molecule is CCOC(=O)CCN(C(=O)c1ccc2c(c1)nc(CCc1ccc(C(=N)N)cc1)n2C)C1CCCC1.Cl. The fraction of sp³-hybridized carbons (Fsp3) is 0.429. The smallest absolute Gasteiger partial charge is 0.307 e. The van der Waals surface area contributed by atoms with Crippen molar-refractivity contribution in [3.05, 3.63) is 65.0 Å². The predicted octanol–water partition coefficient (Wildman–Crippen LogP) is 4.40. The van der Waals surface area contributed by atoms with E-state index in [0.717, 1.165) is 60.9 Å². The third-order valence-corrected chi connectivity index (χ3v) is 7.01. The van der Waals surface area contributed by atoms with Crippen molar-refractivity contribution in [1.29, 1.82) is 5.41 Å². The first-order valence-corrected chi connectivity index (χ1v) is 12.7. The van der Waals surface area contributed by atoms with E-state index in [2.05, 4.69) is 4.57 Å². The van der Waals surface area contributed by atoms with Gasteiger partial charge in [0.1, 0.15) is 11.7 Å². The number of fused-ring (bicyclic) bond motifs is 1. The Kier molecular flexibility index (Phi) is 9.69. The summed E-state index contributed by atoms with van der Waals surface area (Å²) in [5.41, 5.74) is 9.78. The first-order chi connectivity index (χ1) is 17.4. The van der Waals surface area contributed by atoms with E-state index in [0.29, 0.717) is 24.3 Å². The molecule has 1 aliphatic rings. The van der Waals surface area contributed by atoms with E-state index in [4.69, 9.17) is 20.9 Å². The number of nitrogens with one attached hydrogen (secondary N) is 1. The second kappa shape index (κ2) is 12.7. The Morgan fingerprint density at radius 2 is 1.78 bits per heavy atom. The molecule has 1 saturated carbocycles. The van der Waals surface area contributed by atoms with E-state index >= 15 is 0 Å². The quantitative estimate of drug-likeness (QED) is 0.231. The van der Waals surface area contributed by atoms with E-state index in [1.165, 1.54) is 0 Å². The molecule has 0 atom stereocenters. The lowest BCUT2D eigenvalue weighted by atomic mass is 10.1. The highest BCUT2D eigenvalue weighted by Crippen LogP contribution is 2.26. The van der Waals surface area contributed by atoms with Gasteiger partial charge in [-0.25, -0.2) is 4.98 Å². The molecular weight excluding hydrogens is 490 g/mol. The number of aromatic nitrogens is 2. The summed E-state index contributed by atoms with van der Waals surface area (Å²) >= 11 is 0. The van der Waals surface area contributed by atoms with Gasteiger partial charge < -0.3 is 19.9 Å². The Bertz CT molecular complexity index is 1250. The van der Waals surface area contributed by atoms with Crippen LogP contribution in [-0.2, 0) is 29.4 Å². The van der Waals surface area contributed by atoms with Crippen molar-refractivity contribution in [2.45, 2.75) is 57.9 Å². The minimum absolute atomic E-state index is 0. The number of benzene rings is 2. The lowest BCUT2D eigenvalue weighted by Gasteiger charge is -2.29. The van der Waals surface area contributed by atoms with Crippen molar-refractivity contribution < 1.29 is 14.3 Å². The minimum Gasteiger partial charge on any atom is -0.466 e. The molecule has 1 amide bonds. The molecule has 0 aliphatic heterocycles. The predicted molar refractivity (Wildman–Crippen MR) is 147 cm³/mol. The average Bonchev–Trinajstić information content (AvgIpc) is 3.51. The highest BCUT2D eigenvalue weighted by Gasteiger charge is 2.28. The van der Waals surface area contributed by atoms with Gasteiger partial charge in [0.05, 0.1) is 24.1 Å². The number of carbonyl (C=O) groups is 2. The summed E-state index contributed by atoms with van der Waals surface area (Å²) in [6.07, 6.45) is 5.92. The van der Waals surface area contributed by atoms with E-state index in [1.54, 1.807) is 6.92 Å². The van der Waals surface area contributed by atoms with E-state index in [-0.39, 0.29) is 42.6 Å². The Labute approximate surface area is 224 Å². The molecule has 0 bridgehead atoms. The van der Waals surface area contributed by atoms with E-state index in [9.17, 15) is 9.59 Å². The monoisotopic (exact) mass is 525 g/mol. The van der Waals surface area contributed by atoms with Gasteiger partial charge in [-0.15, -0.1) is 12.4 Å². The van der Waals surface area contributed by atoms with Crippen molar-refractivity contribution >= 4 is 41.2 Å². The summed E-state index contributed by atoms with van der Waals surface area (Å²) in [7, 11) is 2.00. The second-order valence-corrected chi connectivity index (χ2v) is 9.39. The summed E-state index contributed by atoms with van der Waals surface area (Å²) in [6, 6.07) is 13.6. The van der Waals surface area contributed by atoms with Crippen LogP contribution in [0.3, 0.4) is 0 Å². The van der Waals surface area contributed by atoms with Crippen LogP contribution < -0.4 is 5.73 Å². The van der Waals surface area contributed by atoms with Crippen molar-refractivity contribution in [1.82, 2.24) is 14.5 Å². The maximum absolute atomic E-state index is 13.5. The number of nitrogens with two attached hydrogens (primary N) is 1. The van der Waals surface area contributed by atoms with Crippen molar-refractivity contribution in [2.75, 3.05) is 13.2 Å². The number of esters is 1. The number of ether oxygens (including phenoxy) is 1. The minimum atomic E-state index is -0.269. The molecule has 1 aromatic heterocycles. The van der Waals surface area contributed by atoms with Crippen molar-refractivity contribution in [3.63, 3.8) is 0 Å². The number of amidine groups is 1. The molecule has 2 aromatic carbocycles. The molecule has 0 radical (unpaired) electrons. The van der Waals surface area contributed by atoms with Crippen LogP contribution >= 0.6 is 12.4 Å². The lowest BCUT2D eigenvalue weighted by Crippen LogP contribution is -2.40. The lowest BCUT2D eigenvalue weighted by molar-refractivity contribution is -0.143. The number of nitrogen functional groups attached to an aromatic ring is 1. The number of imidazole rings is 1. The molecule has 0 unspecified atom stereocenters. The van der Waals surface area contributed by atoms with Gasteiger partial charge >= 0.3 is 5.97 Å². The third-order valence-electron chi connectivity index (χ3n) is 7.01. The normalized spacial score (nSPS) is 13.4. The zero-order valence-electron chi connectivity index (χ0n) is 21.5. The summed E-state index contributed by atoms with van der Waals surface area (Å²) < 4.78 is 7.15. The van der Waals surface area contributed by atoms with Crippen LogP contribution in [0, 0.1) is 5.41 Å². The third kappa shape index (κ3) is 6.68. The van der Waals surface area contributed by atoms with Gasteiger partial charge in [-0.05, 0) is 49.9 Å². The van der Waals surface area contributed by atoms with Gasteiger partial charge in [0.25, 0.3) is 5.91 Å². The number of amides is 1. The Morgan fingerprint density at radius 3 is 2.43 bits per heavy atom. The molecule has 37 heavy (non-hydrogen) atoms. The number of rotatable bonds is 10. The molecule has 1 heterocycles. The maximum Gasteiger partial charge on any atom is 0.307 e. The molecule has 1 fully saturated rings. The first-order valence-electron chi connectivity index (χ1n) is 12.7. The number of aryl methyl sites for hydroxylation is 3. The first kappa shape index (κ1) is 28.2. The fourth-order valence-electron chi connectivity index (χ4n) is 4.99. The van der Waals surface area contributed by atoms with Crippen LogP contribution in [0.2, 0.25) is 0 Å². The molecule has 198 valence electrons. The van der Waals surface area contributed by atoms with Crippen LogP contribution in [0.15, 0.2) is 42.5 Å². The fourth-order valence-corrected chi connectivity index (χ4v) is 4.99. The number of nitrogens with zero attached hydrogens (tertiary/aromatic N) is 3. The molecule has 0 saturated heterocycles. The Hall–Kier alpha value is -3.39. The maximum atomic E-state index is 13.5. The summed E-state index contributed by atoms with van der Waals surface area (Å²) in [5, 5.41) is 7.53. The topological polar surface area (TPSA) is 114 Å². The average molecular weight is 526 g/mol. The van der Waals surface area contributed by atoms with Crippen LogP contribution in [-0.4, -0.2) is 51.4 Å². The van der Waals surface area contributed by atoms with Crippen molar-refractivity contribution in [3.8, 4) is 0 Å². The number of halogens is 1. The summed E-state index contributed by atoms with van der Waals surface area (Å²) in [5.74, 6) is 0.690. The summed E-state index contributed by atoms with van der Waals surface area (Å²) in [6.45, 7) is 2.51. The van der Waals surface area contributed by atoms with E-state index in [1.807, 2.05) is 54.4 Å². The molecular formula is C28H36ClN5O3. The molecule has 3 N–H and O–H groups in total. The van der Waals surface area contributed by atoms with Crippen molar-refractivity contribution in [2.24, 2.45) is 12.8 Å². The molecule has 0 spiro atoms. The van der Waals surface area contributed by atoms with Gasteiger partial charge in [0.15, 0.2) is 0 Å². The Balaban J connectivity index is 0.00000380. The van der Waals surface area contributed by atoms with Crippen LogP contribution in [0.4, 0.5) is 0 Å². The van der Waals surface area contributed by atoms with Gasteiger partial charge in [0.2, 0.25) is 0 Å². The summed E-state index contributed by atoms with van der Waals surface area (Å²) in [4.78, 5) is 32.2.